The van der Waals surface area contributed by atoms with E-state index in [1.807, 2.05) is 0 Å². The van der Waals surface area contributed by atoms with Gasteiger partial charge >= 0.3 is 12.2 Å². The van der Waals surface area contributed by atoms with Crippen LogP contribution in [0.25, 0.3) is 0 Å². The molecule has 3 N–H and O–H groups in total. The van der Waals surface area contributed by atoms with Gasteiger partial charge in [0, 0.05) is 18.8 Å². The van der Waals surface area contributed by atoms with Gasteiger partial charge in [0.05, 0.1) is 24.0 Å². The number of aromatic nitrogens is 2. The van der Waals surface area contributed by atoms with Crippen LogP contribution in [0.3, 0.4) is 0 Å². The second kappa shape index (κ2) is 6.52. The lowest BCUT2D eigenvalue weighted by atomic mass is 10.00. The number of aliphatic hydroxyl groups is 1. The Hall–Kier alpha value is -2.55. The topological polar surface area (TPSA) is 79.2 Å². The second-order valence-electron chi connectivity index (χ2n) is 5.53. The summed E-state index contributed by atoms with van der Waals surface area (Å²) in [5, 5.41) is 18.7. The van der Waals surface area contributed by atoms with E-state index in [1.54, 1.807) is 13.2 Å². The van der Waals surface area contributed by atoms with Gasteiger partial charge in [-0.2, -0.15) is 18.3 Å². The van der Waals surface area contributed by atoms with Crippen molar-refractivity contribution in [3.05, 3.63) is 47.8 Å². The van der Waals surface area contributed by atoms with Gasteiger partial charge < -0.3 is 15.7 Å². The largest absolute Gasteiger partial charge is 0.418 e. The first-order chi connectivity index (χ1) is 11.1. The average Bonchev–Trinajstić information content (AvgIpc) is 2.92. The molecule has 2 rings (SSSR count). The van der Waals surface area contributed by atoms with Crippen LogP contribution < -0.4 is 10.6 Å². The Morgan fingerprint density at radius 3 is 2.58 bits per heavy atom. The molecule has 0 bridgehead atoms. The molecule has 0 saturated carbocycles. The number of carbonyl (C=O) groups excluding carboxylic acids is 1. The molecular weight excluding hydrogens is 325 g/mol. The number of alkyl halides is 3. The third-order valence-electron chi connectivity index (χ3n) is 3.40. The number of nitrogens with one attached hydrogen (secondary N) is 2. The van der Waals surface area contributed by atoms with Crippen molar-refractivity contribution >= 4 is 11.7 Å². The number of nitrogens with zero attached hydrogens (tertiary/aromatic N) is 2. The third-order valence-corrected chi connectivity index (χ3v) is 3.40. The van der Waals surface area contributed by atoms with Gasteiger partial charge in [-0.15, -0.1) is 0 Å². The summed E-state index contributed by atoms with van der Waals surface area (Å²) in [4.78, 5) is 11.9. The highest BCUT2D eigenvalue weighted by Gasteiger charge is 2.33. The Balaban J connectivity index is 2.02. The molecule has 0 aliphatic carbocycles. The standard InChI is InChI=1S/C15H17F3N4O2/c1-14(24,10-7-20-22(2)8-10)9-19-13(23)21-12-6-4-3-5-11(12)15(16,17)18/h3-8,24H,9H2,1-2H3,(H2,19,21,23). The van der Waals surface area contributed by atoms with E-state index in [9.17, 15) is 23.1 Å². The Labute approximate surface area is 136 Å². The van der Waals surface area contributed by atoms with Crippen molar-refractivity contribution in [2.24, 2.45) is 7.05 Å². The average molecular weight is 342 g/mol. The molecule has 9 heteroatoms. The summed E-state index contributed by atoms with van der Waals surface area (Å²) >= 11 is 0. The third kappa shape index (κ3) is 4.25. The van der Waals surface area contributed by atoms with Crippen molar-refractivity contribution in [2.45, 2.75) is 18.7 Å². The molecule has 130 valence electrons. The summed E-state index contributed by atoms with van der Waals surface area (Å²) in [6.07, 6.45) is -1.55. The molecule has 0 spiro atoms. The molecule has 0 radical (unpaired) electrons. The molecule has 24 heavy (non-hydrogen) atoms. The summed E-state index contributed by atoms with van der Waals surface area (Å²) in [7, 11) is 1.67. The smallest absolute Gasteiger partial charge is 0.383 e. The van der Waals surface area contributed by atoms with Crippen molar-refractivity contribution in [1.29, 1.82) is 0 Å². The zero-order chi connectivity index (χ0) is 18.0. The van der Waals surface area contributed by atoms with Gasteiger partial charge in [0.2, 0.25) is 0 Å². The quantitative estimate of drug-likeness (QED) is 0.799. The molecule has 1 unspecified atom stereocenters. The number of halogens is 3. The first kappa shape index (κ1) is 17.8. The van der Waals surface area contributed by atoms with Crippen LogP contribution in [0.4, 0.5) is 23.7 Å². The van der Waals surface area contributed by atoms with Crippen molar-refractivity contribution in [3.63, 3.8) is 0 Å². The van der Waals surface area contributed by atoms with Gasteiger partial charge in [-0.05, 0) is 19.1 Å². The zero-order valence-electron chi connectivity index (χ0n) is 13.1. The number of aryl methyl sites for hydroxylation is 1. The van der Waals surface area contributed by atoms with Crippen LogP contribution >= 0.6 is 0 Å². The van der Waals surface area contributed by atoms with Crippen LogP contribution in [0, 0.1) is 0 Å². The predicted molar refractivity (Wildman–Crippen MR) is 81.2 cm³/mol. The maximum absolute atomic E-state index is 12.9. The van der Waals surface area contributed by atoms with Crippen LogP contribution in [0.5, 0.6) is 0 Å². The van der Waals surface area contributed by atoms with Gasteiger partial charge in [0.15, 0.2) is 0 Å². The van der Waals surface area contributed by atoms with E-state index in [0.29, 0.717) is 5.56 Å². The first-order valence-corrected chi connectivity index (χ1v) is 7.02. The number of hydrogen-bond donors (Lipinski definition) is 3. The van der Waals surface area contributed by atoms with Crippen LogP contribution in [0.15, 0.2) is 36.7 Å². The first-order valence-electron chi connectivity index (χ1n) is 7.02. The summed E-state index contributed by atoms with van der Waals surface area (Å²) in [5.74, 6) is 0. The highest BCUT2D eigenvalue weighted by atomic mass is 19.4. The van der Waals surface area contributed by atoms with Crippen molar-refractivity contribution < 1.29 is 23.1 Å². The highest BCUT2D eigenvalue weighted by molar-refractivity contribution is 5.90. The zero-order valence-corrected chi connectivity index (χ0v) is 13.1. The number of rotatable bonds is 4. The number of amides is 2. The van der Waals surface area contributed by atoms with E-state index in [-0.39, 0.29) is 12.2 Å². The molecule has 0 aliphatic heterocycles. The monoisotopic (exact) mass is 342 g/mol. The fourth-order valence-corrected chi connectivity index (χ4v) is 2.06. The summed E-state index contributed by atoms with van der Waals surface area (Å²) in [6.45, 7) is 1.27. The number of benzene rings is 1. The van der Waals surface area contributed by atoms with Gasteiger partial charge in [-0.1, -0.05) is 12.1 Å². The minimum Gasteiger partial charge on any atom is -0.383 e. The summed E-state index contributed by atoms with van der Waals surface area (Å²) < 4.78 is 40.1. The van der Waals surface area contributed by atoms with E-state index >= 15 is 0 Å². The maximum atomic E-state index is 12.9. The number of para-hydroxylation sites is 1. The Kier molecular flexibility index (Phi) is 4.83. The molecule has 0 aliphatic rings. The molecule has 1 aromatic carbocycles. The Morgan fingerprint density at radius 2 is 2.00 bits per heavy atom. The van der Waals surface area contributed by atoms with Gasteiger partial charge in [0.25, 0.3) is 0 Å². The van der Waals surface area contributed by atoms with Crippen molar-refractivity contribution in [3.8, 4) is 0 Å². The lowest BCUT2D eigenvalue weighted by Gasteiger charge is -2.22. The van der Waals surface area contributed by atoms with E-state index in [4.69, 9.17) is 0 Å². The van der Waals surface area contributed by atoms with Crippen LogP contribution in [-0.4, -0.2) is 27.5 Å². The summed E-state index contributed by atoms with van der Waals surface area (Å²) in [5.41, 5.74) is -2.24. The lowest BCUT2D eigenvalue weighted by molar-refractivity contribution is -0.136. The normalized spacial score (nSPS) is 14.1. The molecule has 1 heterocycles. The van der Waals surface area contributed by atoms with Gasteiger partial charge in [0.1, 0.15) is 5.60 Å². The summed E-state index contributed by atoms with van der Waals surface area (Å²) in [6, 6.07) is 3.80. The van der Waals surface area contributed by atoms with Crippen LogP contribution in [0.2, 0.25) is 0 Å². The molecule has 6 nitrogen and oxygen atoms in total. The molecule has 2 amide bonds. The molecule has 1 aromatic heterocycles. The van der Waals surface area contributed by atoms with E-state index in [2.05, 4.69) is 15.7 Å². The number of carbonyl (C=O) groups is 1. The van der Waals surface area contributed by atoms with Gasteiger partial charge in [-0.25, -0.2) is 4.79 Å². The van der Waals surface area contributed by atoms with E-state index in [1.165, 1.54) is 29.9 Å². The molecule has 1 atom stereocenters. The molecule has 0 fully saturated rings. The molecule has 0 saturated heterocycles. The maximum Gasteiger partial charge on any atom is 0.418 e. The Morgan fingerprint density at radius 1 is 1.33 bits per heavy atom. The number of anilines is 1. The van der Waals surface area contributed by atoms with Crippen molar-refractivity contribution in [2.75, 3.05) is 11.9 Å². The van der Waals surface area contributed by atoms with Crippen molar-refractivity contribution in [1.82, 2.24) is 15.1 Å². The van der Waals surface area contributed by atoms with Gasteiger partial charge in [-0.3, -0.25) is 4.68 Å². The number of urea groups is 1. The second-order valence-corrected chi connectivity index (χ2v) is 5.53. The minimum atomic E-state index is -4.58. The predicted octanol–water partition coefficient (Wildman–Crippen LogP) is 2.47. The molecular formula is C15H17F3N4O2. The lowest BCUT2D eigenvalue weighted by Crippen LogP contribution is -2.40. The van der Waals surface area contributed by atoms with Crippen LogP contribution in [0.1, 0.15) is 18.1 Å². The molecule has 2 aromatic rings. The Bertz CT molecular complexity index is 726. The fraction of sp³-hybridized carbons (Fsp3) is 0.333. The fourth-order valence-electron chi connectivity index (χ4n) is 2.06. The van der Waals surface area contributed by atoms with E-state index in [0.717, 1.165) is 12.1 Å². The minimum absolute atomic E-state index is 0.196. The number of hydrogen-bond acceptors (Lipinski definition) is 3. The van der Waals surface area contributed by atoms with E-state index < -0.39 is 23.4 Å². The highest BCUT2D eigenvalue weighted by Crippen LogP contribution is 2.34. The van der Waals surface area contributed by atoms with Crippen LogP contribution in [-0.2, 0) is 18.8 Å². The SMILES string of the molecule is Cn1cc(C(C)(O)CNC(=O)Nc2ccccc2C(F)(F)F)cn1.